The van der Waals surface area contributed by atoms with Crippen molar-refractivity contribution in [2.75, 3.05) is 39.5 Å². The second-order valence-electron chi connectivity index (χ2n) is 7.76. The summed E-state index contributed by atoms with van der Waals surface area (Å²) in [6.07, 6.45) is 1.55. The number of aliphatic imine (C=N–C) groups is 1. The minimum Gasteiger partial charge on any atom is -0.497 e. The van der Waals surface area contributed by atoms with Crippen LogP contribution in [-0.4, -0.2) is 64.3 Å². The number of ether oxygens (including phenoxy) is 1. The Balaban J connectivity index is 0.00000420. The number of nitrogens with zero attached hydrogens (tertiary/aromatic N) is 2. The molecule has 166 valence electrons. The van der Waals surface area contributed by atoms with Gasteiger partial charge in [0.1, 0.15) is 5.75 Å². The molecule has 0 radical (unpaired) electrons. The molecule has 0 aromatic heterocycles. The lowest BCUT2D eigenvalue weighted by atomic mass is 9.84. The van der Waals surface area contributed by atoms with E-state index in [-0.39, 0.29) is 41.2 Å². The summed E-state index contributed by atoms with van der Waals surface area (Å²) < 4.78 is 30.9. The molecular formula is C20H35IN4O3S. The predicted molar refractivity (Wildman–Crippen MR) is 130 cm³/mol. The molecule has 0 spiro atoms. The maximum absolute atomic E-state index is 12.0. The molecule has 29 heavy (non-hydrogen) atoms. The van der Waals surface area contributed by atoms with E-state index in [4.69, 9.17) is 4.74 Å². The van der Waals surface area contributed by atoms with Gasteiger partial charge in [0.25, 0.3) is 0 Å². The molecule has 7 nitrogen and oxygen atoms in total. The van der Waals surface area contributed by atoms with Gasteiger partial charge in [-0.15, -0.1) is 24.0 Å². The molecule has 0 unspecified atom stereocenters. The van der Waals surface area contributed by atoms with Crippen molar-refractivity contribution in [1.29, 1.82) is 0 Å². The normalized spacial score (nSPS) is 16.8. The van der Waals surface area contributed by atoms with Crippen LogP contribution in [-0.2, 0) is 15.4 Å². The van der Waals surface area contributed by atoms with Crippen LogP contribution in [0.3, 0.4) is 0 Å². The van der Waals surface area contributed by atoms with Crippen molar-refractivity contribution in [3.05, 3.63) is 29.8 Å². The summed E-state index contributed by atoms with van der Waals surface area (Å²) in [6, 6.07) is 8.32. The van der Waals surface area contributed by atoms with Crippen LogP contribution in [0.15, 0.2) is 29.3 Å². The van der Waals surface area contributed by atoms with Crippen LogP contribution < -0.4 is 15.4 Å². The number of methoxy groups -OCH3 is 1. The summed E-state index contributed by atoms with van der Waals surface area (Å²) in [7, 11) is 0.333. The number of piperidine rings is 1. The molecule has 1 saturated heterocycles. The van der Waals surface area contributed by atoms with Crippen LogP contribution in [0.2, 0.25) is 0 Å². The zero-order valence-electron chi connectivity index (χ0n) is 18.1. The number of benzene rings is 1. The monoisotopic (exact) mass is 538 g/mol. The number of nitrogens with one attached hydrogen (secondary N) is 2. The molecule has 1 aliphatic heterocycles. The van der Waals surface area contributed by atoms with Crippen LogP contribution in [0.5, 0.6) is 5.75 Å². The summed E-state index contributed by atoms with van der Waals surface area (Å²) >= 11 is 0. The number of halogens is 1. The SMILES string of the molecule is CCS(=O)(=O)N1CCC(NC(=NC)NCC(C)(C)c2cccc(OC)c2)CC1.I. The van der Waals surface area contributed by atoms with E-state index >= 15 is 0 Å². The van der Waals surface area contributed by atoms with Gasteiger partial charge in [-0.2, -0.15) is 0 Å². The lowest BCUT2D eigenvalue weighted by Crippen LogP contribution is -2.51. The minimum atomic E-state index is -3.10. The van der Waals surface area contributed by atoms with E-state index in [1.54, 1.807) is 25.4 Å². The molecule has 2 rings (SSSR count). The second kappa shape index (κ2) is 11.4. The predicted octanol–water partition coefficient (Wildman–Crippen LogP) is 2.57. The standard InChI is InChI=1S/C20H34N4O3S.HI/c1-6-28(25,26)24-12-10-17(11-13-24)23-19(21-4)22-15-20(2,3)16-8-7-9-18(14-16)27-5;/h7-9,14,17H,6,10-13,15H2,1-5H3,(H2,21,22,23);1H. The zero-order chi connectivity index (χ0) is 20.8. The molecule has 0 saturated carbocycles. The van der Waals surface area contributed by atoms with Crippen molar-refractivity contribution in [3.63, 3.8) is 0 Å². The number of guanidine groups is 1. The summed E-state index contributed by atoms with van der Waals surface area (Å²) in [4.78, 5) is 4.33. The van der Waals surface area contributed by atoms with Crippen molar-refractivity contribution in [1.82, 2.24) is 14.9 Å². The average molecular weight is 538 g/mol. The molecule has 0 bridgehead atoms. The first-order valence-electron chi connectivity index (χ1n) is 9.81. The van der Waals surface area contributed by atoms with Gasteiger partial charge in [-0.25, -0.2) is 12.7 Å². The number of rotatable bonds is 7. The van der Waals surface area contributed by atoms with E-state index in [2.05, 4.69) is 41.6 Å². The number of hydrogen-bond acceptors (Lipinski definition) is 4. The third-order valence-electron chi connectivity index (χ3n) is 5.33. The second-order valence-corrected chi connectivity index (χ2v) is 10.0. The van der Waals surface area contributed by atoms with Crippen molar-refractivity contribution < 1.29 is 13.2 Å². The minimum absolute atomic E-state index is 0. The topological polar surface area (TPSA) is 83.0 Å². The van der Waals surface area contributed by atoms with Gasteiger partial charge < -0.3 is 15.4 Å². The molecule has 1 aromatic rings. The fourth-order valence-corrected chi connectivity index (χ4v) is 4.43. The lowest BCUT2D eigenvalue weighted by Gasteiger charge is -2.33. The molecular weight excluding hydrogens is 503 g/mol. The first-order chi connectivity index (χ1) is 13.2. The van der Waals surface area contributed by atoms with Crippen LogP contribution in [0.1, 0.15) is 39.2 Å². The highest BCUT2D eigenvalue weighted by Crippen LogP contribution is 2.25. The van der Waals surface area contributed by atoms with Gasteiger partial charge in [0.2, 0.25) is 10.0 Å². The largest absolute Gasteiger partial charge is 0.497 e. The van der Waals surface area contributed by atoms with Gasteiger partial charge >= 0.3 is 0 Å². The van der Waals surface area contributed by atoms with Gasteiger partial charge in [-0.05, 0) is 37.5 Å². The van der Waals surface area contributed by atoms with Crippen LogP contribution in [0.4, 0.5) is 0 Å². The first-order valence-corrected chi connectivity index (χ1v) is 11.4. The van der Waals surface area contributed by atoms with Crippen LogP contribution in [0, 0.1) is 0 Å². The molecule has 0 aliphatic carbocycles. The number of hydrogen-bond donors (Lipinski definition) is 2. The smallest absolute Gasteiger partial charge is 0.213 e. The quantitative estimate of drug-likeness (QED) is 0.317. The highest BCUT2D eigenvalue weighted by molar-refractivity contribution is 14.0. The van der Waals surface area contributed by atoms with E-state index in [1.807, 2.05) is 12.1 Å². The van der Waals surface area contributed by atoms with Crippen molar-refractivity contribution in [2.24, 2.45) is 4.99 Å². The molecule has 1 fully saturated rings. The van der Waals surface area contributed by atoms with Crippen molar-refractivity contribution in [2.45, 2.75) is 45.1 Å². The Bertz CT molecular complexity index is 776. The van der Waals surface area contributed by atoms with E-state index in [9.17, 15) is 8.42 Å². The van der Waals surface area contributed by atoms with Gasteiger partial charge in [-0.1, -0.05) is 26.0 Å². The third-order valence-corrected chi connectivity index (χ3v) is 7.21. The molecule has 0 amide bonds. The van der Waals surface area contributed by atoms with Gasteiger partial charge in [0, 0.05) is 38.1 Å². The average Bonchev–Trinajstić information content (AvgIpc) is 2.71. The summed E-state index contributed by atoms with van der Waals surface area (Å²) in [5, 5.41) is 6.85. The molecule has 1 aliphatic rings. The molecule has 2 N–H and O–H groups in total. The van der Waals surface area contributed by atoms with E-state index in [0.717, 1.165) is 24.6 Å². The maximum atomic E-state index is 12.0. The highest BCUT2D eigenvalue weighted by atomic mass is 127. The van der Waals surface area contributed by atoms with Crippen molar-refractivity contribution >= 4 is 40.0 Å². The fourth-order valence-electron chi connectivity index (χ4n) is 3.30. The Hall–Kier alpha value is -1.07. The lowest BCUT2D eigenvalue weighted by molar-refractivity contribution is 0.306. The third kappa shape index (κ3) is 7.29. The molecule has 9 heteroatoms. The van der Waals surface area contributed by atoms with E-state index < -0.39 is 10.0 Å². The Morgan fingerprint density at radius 3 is 2.52 bits per heavy atom. The Kier molecular flexibility index (Phi) is 10.2. The molecule has 0 atom stereocenters. The van der Waals surface area contributed by atoms with Crippen LogP contribution >= 0.6 is 24.0 Å². The Labute approximate surface area is 192 Å². The Morgan fingerprint density at radius 1 is 1.31 bits per heavy atom. The summed E-state index contributed by atoms with van der Waals surface area (Å²) in [5.74, 6) is 1.75. The van der Waals surface area contributed by atoms with E-state index in [1.165, 1.54) is 5.56 Å². The highest BCUT2D eigenvalue weighted by Gasteiger charge is 2.27. The van der Waals surface area contributed by atoms with Crippen LogP contribution in [0.25, 0.3) is 0 Å². The molecule has 1 heterocycles. The fraction of sp³-hybridized carbons (Fsp3) is 0.650. The molecule has 1 aromatic carbocycles. The van der Waals surface area contributed by atoms with Gasteiger partial charge in [-0.3, -0.25) is 4.99 Å². The van der Waals surface area contributed by atoms with Gasteiger partial charge in [0.15, 0.2) is 5.96 Å². The summed E-state index contributed by atoms with van der Waals surface area (Å²) in [5.41, 5.74) is 1.08. The first kappa shape index (κ1) is 26.0. The zero-order valence-corrected chi connectivity index (χ0v) is 21.2. The maximum Gasteiger partial charge on any atom is 0.213 e. The van der Waals surface area contributed by atoms with Crippen molar-refractivity contribution in [3.8, 4) is 5.75 Å². The van der Waals surface area contributed by atoms with Gasteiger partial charge in [0.05, 0.1) is 12.9 Å². The van der Waals surface area contributed by atoms with E-state index in [0.29, 0.717) is 19.6 Å². The Morgan fingerprint density at radius 2 is 1.97 bits per heavy atom. The summed E-state index contributed by atoms with van der Waals surface area (Å²) in [6.45, 7) is 7.87. The number of sulfonamides is 1.